The van der Waals surface area contributed by atoms with E-state index in [4.69, 9.17) is 5.73 Å². The van der Waals surface area contributed by atoms with E-state index in [0.717, 1.165) is 0 Å². The van der Waals surface area contributed by atoms with Crippen LogP contribution in [0.1, 0.15) is 22.8 Å². The van der Waals surface area contributed by atoms with Crippen molar-refractivity contribution in [2.45, 2.75) is 19.9 Å². The molecule has 0 saturated carbocycles. The molecule has 1 aromatic rings. The second kappa shape index (κ2) is 4.18. The van der Waals surface area contributed by atoms with Crippen molar-refractivity contribution in [1.82, 2.24) is 0 Å². The summed E-state index contributed by atoms with van der Waals surface area (Å²) in [5.41, 5.74) is 5.81. The standard InChI is InChI=1S/C10H12N2O3/c1-6-4-3-5-8(9(6)12(14)15)10(13)7(2)11/h3-5,7H,11H2,1-2H3. The maximum atomic E-state index is 11.6. The molecular weight excluding hydrogens is 196 g/mol. The fourth-order valence-corrected chi connectivity index (χ4v) is 1.35. The average Bonchev–Trinajstić information content (AvgIpc) is 2.15. The van der Waals surface area contributed by atoms with Crippen molar-refractivity contribution in [2.24, 2.45) is 5.73 Å². The third-order valence-corrected chi connectivity index (χ3v) is 2.10. The number of para-hydroxylation sites is 1. The minimum absolute atomic E-state index is 0.0787. The molecule has 0 aliphatic heterocycles. The predicted octanol–water partition coefficient (Wildman–Crippen LogP) is 1.43. The maximum absolute atomic E-state index is 11.6. The molecule has 0 aromatic heterocycles. The van der Waals surface area contributed by atoms with Crippen LogP contribution in [0.3, 0.4) is 0 Å². The van der Waals surface area contributed by atoms with E-state index in [-0.39, 0.29) is 11.3 Å². The smallest absolute Gasteiger partial charge is 0.283 e. The van der Waals surface area contributed by atoms with Crippen molar-refractivity contribution in [3.63, 3.8) is 0 Å². The van der Waals surface area contributed by atoms with Gasteiger partial charge in [0.25, 0.3) is 5.69 Å². The summed E-state index contributed by atoms with van der Waals surface area (Å²) in [6.45, 7) is 3.10. The zero-order valence-corrected chi connectivity index (χ0v) is 8.56. The number of aryl methyl sites for hydroxylation is 1. The van der Waals surface area contributed by atoms with E-state index in [0.29, 0.717) is 5.56 Å². The Labute approximate surface area is 87.0 Å². The first kappa shape index (κ1) is 11.3. The van der Waals surface area contributed by atoms with Crippen LogP contribution in [-0.2, 0) is 0 Å². The van der Waals surface area contributed by atoms with Crippen LogP contribution in [0, 0.1) is 17.0 Å². The average molecular weight is 208 g/mol. The minimum Gasteiger partial charge on any atom is -0.321 e. The summed E-state index contributed by atoms with van der Waals surface area (Å²) in [4.78, 5) is 21.8. The van der Waals surface area contributed by atoms with Gasteiger partial charge in [0.15, 0.2) is 5.78 Å². The maximum Gasteiger partial charge on any atom is 0.283 e. The number of nitrogens with zero attached hydrogens (tertiary/aromatic N) is 1. The van der Waals surface area contributed by atoms with Crippen LogP contribution in [0.2, 0.25) is 0 Å². The minimum atomic E-state index is -0.731. The van der Waals surface area contributed by atoms with Gasteiger partial charge in [0.1, 0.15) is 0 Å². The first-order chi connectivity index (χ1) is 6.95. The Bertz CT molecular complexity index is 413. The second-order valence-corrected chi connectivity index (χ2v) is 3.38. The van der Waals surface area contributed by atoms with Crippen molar-refractivity contribution >= 4 is 11.5 Å². The molecule has 0 radical (unpaired) electrons. The van der Waals surface area contributed by atoms with Gasteiger partial charge < -0.3 is 5.73 Å². The lowest BCUT2D eigenvalue weighted by Crippen LogP contribution is -2.27. The number of carbonyl (C=O) groups excluding carboxylic acids is 1. The lowest BCUT2D eigenvalue weighted by molar-refractivity contribution is -0.385. The van der Waals surface area contributed by atoms with Crippen LogP contribution in [0.15, 0.2) is 18.2 Å². The van der Waals surface area contributed by atoms with E-state index in [2.05, 4.69) is 0 Å². The molecule has 0 fully saturated rings. The van der Waals surface area contributed by atoms with Gasteiger partial charge in [0.05, 0.1) is 16.5 Å². The number of benzene rings is 1. The molecule has 0 amide bonds. The Hall–Kier alpha value is -1.75. The number of nitro groups is 1. The van der Waals surface area contributed by atoms with Crippen LogP contribution in [0.5, 0.6) is 0 Å². The molecule has 1 unspecified atom stereocenters. The molecule has 2 N–H and O–H groups in total. The van der Waals surface area contributed by atoms with E-state index < -0.39 is 16.7 Å². The van der Waals surface area contributed by atoms with E-state index in [1.165, 1.54) is 13.0 Å². The molecule has 0 heterocycles. The molecule has 1 rings (SSSR count). The number of Topliss-reactive ketones (excluding diaryl/α,β-unsaturated/α-hetero) is 1. The van der Waals surface area contributed by atoms with Crippen molar-refractivity contribution in [3.8, 4) is 0 Å². The van der Waals surface area contributed by atoms with Gasteiger partial charge in [0, 0.05) is 5.56 Å². The SMILES string of the molecule is Cc1cccc(C(=O)C(C)N)c1[N+](=O)[O-]. The third-order valence-electron chi connectivity index (χ3n) is 2.10. The van der Waals surface area contributed by atoms with Crippen LogP contribution in [0.25, 0.3) is 0 Å². The molecule has 0 aliphatic carbocycles. The molecule has 0 bridgehead atoms. The van der Waals surface area contributed by atoms with Crippen molar-refractivity contribution < 1.29 is 9.72 Å². The molecular formula is C10H12N2O3. The Balaban J connectivity index is 3.35. The van der Waals surface area contributed by atoms with Crippen molar-refractivity contribution in [3.05, 3.63) is 39.4 Å². The van der Waals surface area contributed by atoms with Gasteiger partial charge in [-0.15, -0.1) is 0 Å². The Morgan fingerprint density at radius 1 is 1.53 bits per heavy atom. The quantitative estimate of drug-likeness (QED) is 0.462. The Kier molecular flexibility index (Phi) is 3.16. The van der Waals surface area contributed by atoms with Gasteiger partial charge >= 0.3 is 0 Å². The number of carbonyl (C=O) groups is 1. The number of hydrogen-bond acceptors (Lipinski definition) is 4. The largest absolute Gasteiger partial charge is 0.321 e. The lowest BCUT2D eigenvalue weighted by Gasteiger charge is -2.06. The first-order valence-electron chi connectivity index (χ1n) is 4.49. The fourth-order valence-electron chi connectivity index (χ4n) is 1.35. The molecule has 80 valence electrons. The van der Waals surface area contributed by atoms with Gasteiger partial charge in [-0.2, -0.15) is 0 Å². The monoisotopic (exact) mass is 208 g/mol. The van der Waals surface area contributed by atoms with Crippen LogP contribution in [-0.4, -0.2) is 16.7 Å². The van der Waals surface area contributed by atoms with Crippen LogP contribution < -0.4 is 5.73 Å². The molecule has 1 atom stereocenters. The second-order valence-electron chi connectivity index (χ2n) is 3.38. The van der Waals surface area contributed by atoms with Gasteiger partial charge in [0.2, 0.25) is 0 Å². The van der Waals surface area contributed by atoms with E-state index in [1.807, 2.05) is 0 Å². The van der Waals surface area contributed by atoms with Gasteiger partial charge in [-0.05, 0) is 19.9 Å². The predicted molar refractivity (Wildman–Crippen MR) is 55.8 cm³/mol. The normalized spacial score (nSPS) is 12.2. The van der Waals surface area contributed by atoms with Crippen LogP contribution >= 0.6 is 0 Å². The summed E-state index contributed by atoms with van der Waals surface area (Å²) in [5, 5.41) is 10.8. The fraction of sp³-hybridized carbons (Fsp3) is 0.300. The molecule has 0 spiro atoms. The van der Waals surface area contributed by atoms with Gasteiger partial charge in [-0.25, -0.2) is 0 Å². The van der Waals surface area contributed by atoms with E-state index >= 15 is 0 Å². The number of rotatable bonds is 3. The topological polar surface area (TPSA) is 86.2 Å². The summed E-state index contributed by atoms with van der Waals surface area (Å²) in [6, 6.07) is 3.90. The van der Waals surface area contributed by atoms with Crippen molar-refractivity contribution in [1.29, 1.82) is 0 Å². The summed E-state index contributed by atoms with van der Waals surface area (Å²) < 4.78 is 0. The van der Waals surface area contributed by atoms with Crippen molar-refractivity contribution in [2.75, 3.05) is 0 Å². The summed E-state index contributed by atoms with van der Waals surface area (Å²) in [5.74, 6) is -0.412. The Morgan fingerprint density at radius 2 is 2.13 bits per heavy atom. The highest BCUT2D eigenvalue weighted by atomic mass is 16.6. The summed E-state index contributed by atoms with van der Waals surface area (Å²) in [6.07, 6.45) is 0. The number of nitrogens with two attached hydrogens (primary N) is 1. The van der Waals surface area contributed by atoms with E-state index in [1.54, 1.807) is 19.1 Å². The third kappa shape index (κ3) is 2.19. The molecule has 1 aromatic carbocycles. The lowest BCUT2D eigenvalue weighted by atomic mass is 10.0. The Morgan fingerprint density at radius 3 is 2.60 bits per heavy atom. The molecule has 5 nitrogen and oxygen atoms in total. The molecule has 0 saturated heterocycles. The summed E-state index contributed by atoms with van der Waals surface area (Å²) in [7, 11) is 0. The molecule has 15 heavy (non-hydrogen) atoms. The number of nitro benzene ring substituents is 1. The zero-order valence-electron chi connectivity index (χ0n) is 8.56. The highest BCUT2D eigenvalue weighted by Crippen LogP contribution is 2.23. The highest BCUT2D eigenvalue weighted by molar-refractivity contribution is 6.03. The van der Waals surface area contributed by atoms with Gasteiger partial charge in [-0.3, -0.25) is 14.9 Å². The van der Waals surface area contributed by atoms with Gasteiger partial charge in [-0.1, -0.05) is 12.1 Å². The zero-order chi connectivity index (χ0) is 11.6. The van der Waals surface area contributed by atoms with Crippen LogP contribution in [0.4, 0.5) is 5.69 Å². The number of ketones is 1. The van der Waals surface area contributed by atoms with E-state index in [9.17, 15) is 14.9 Å². The first-order valence-corrected chi connectivity index (χ1v) is 4.49. The molecule has 0 aliphatic rings. The number of hydrogen-bond donors (Lipinski definition) is 1. The summed E-state index contributed by atoms with van der Waals surface area (Å²) >= 11 is 0. The molecule has 5 heteroatoms. The highest BCUT2D eigenvalue weighted by Gasteiger charge is 2.23.